The Labute approximate surface area is 105 Å². The molecule has 0 radical (unpaired) electrons. The van der Waals surface area contributed by atoms with Crippen molar-refractivity contribution in [2.45, 2.75) is 18.9 Å². The van der Waals surface area contributed by atoms with Gasteiger partial charge in [-0.3, -0.25) is 10.1 Å². The lowest BCUT2D eigenvalue weighted by molar-refractivity contribution is -0.383. The predicted molar refractivity (Wildman–Crippen MR) is 69.8 cm³/mol. The molecule has 1 saturated carbocycles. The maximum absolute atomic E-state index is 11.1. The topological polar surface area (TPSA) is 81.6 Å². The van der Waals surface area contributed by atoms with E-state index in [1.54, 1.807) is 25.3 Å². The van der Waals surface area contributed by atoms with Crippen molar-refractivity contribution in [3.8, 4) is 0 Å². The van der Waals surface area contributed by atoms with Gasteiger partial charge < -0.3 is 15.4 Å². The highest BCUT2D eigenvalue weighted by Crippen LogP contribution is 2.39. The molecule has 0 spiro atoms. The van der Waals surface area contributed by atoms with Gasteiger partial charge in [0.1, 0.15) is 11.4 Å². The first-order valence-electron chi connectivity index (χ1n) is 5.93. The number of anilines is 2. The summed E-state index contributed by atoms with van der Waals surface area (Å²) in [4.78, 5) is 12.7. The Morgan fingerprint density at radius 2 is 2.28 bits per heavy atom. The second-order valence-electron chi connectivity index (χ2n) is 4.39. The number of nitro benzene ring substituents is 1. The SMILES string of the molecule is COCCN(c1cccc(N)c1[N+](=O)[O-])C1CC1. The Bertz CT molecular complexity index is 446. The lowest BCUT2D eigenvalue weighted by atomic mass is 10.2. The summed E-state index contributed by atoms with van der Waals surface area (Å²) in [6.45, 7) is 1.19. The Balaban J connectivity index is 2.34. The summed E-state index contributed by atoms with van der Waals surface area (Å²) >= 11 is 0. The summed E-state index contributed by atoms with van der Waals surface area (Å²) in [5, 5.41) is 11.1. The van der Waals surface area contributed by atoms with Crippen molar-refractivity contribution in [3.05, 3.63) is 28.3 Å². The van der Waals surface area contributed by atoms with Crippen LogP contribution in [0.2, 0.25) is 0 Å². The third-order valence-corrected chi connectivity index (χ3v) is 3.06. The maximum Gasteiger partial charge on any atom is 0.315 e. The van der Waals surface area contributed by atoms with Crippen molar-refractivity contribution in [2.75, 3.05) is 30.9 Å². The lowest BCUT2D eigenvalue weighted by Gasteiger charge is -2.24. The van der Waals surface area contributed by atoms with Gasteiger partial charge in [0, 0.05) is 19.7 Å². The van der Waals surface area contributed by atoms with E-state index in [4.69, 9.17) is 10.5 Å². The molecule has 0 bridgehead atoms. The van der Waals surface area contributed by atoms with E-state index in [0.717, 1.165) is 12.8 Å². The van der Waals surface area contributed by atoms with Crippen LogP contribution in [0.25, 0.3) is 0 Å². The van der Waals surface area contributed by atoms with E-state index in [0.29, 0.717) is 24.9 Å². The smallest absolute Gasteiger partial charge is 0.315 e. The molecular weight excluding hydrogens is 234 g/mol. The zero-order valence-electron chi connectivity index (χ0n) is 10.3. The van der Waals surface area contributed by atoms with Crippen LogP contribution in [0.4, 0.5) is 17.1 Å². The second kappa shape index (κ2) is 5.22. The van der Waals surface area contributed by atoms with Crippen LogP contribution >= 0.6 is 0 Å². The monoisotopic (exact) mass is 251 g/mol. The molecule has 2 N–H and O–H groups in total. The first-order chi connectivity index (χ1) is 8.65. The Kier molecular flexibility index (Phi) is 3.66. The molecule has 0 aliphatic heterocycles. The molecule has 0 atom stereocenters. The van der Waals surface area contributed by atoms with Crippen molar-refractivity contribution in [3.63, 3.8) is 0 Å². The van der Waals surface area contributed by atoms with E-state index in [1.807, 2.05) is 4.90 Å². The number of hydrogen-bond acceptors (Lipinski definition) is 5. The number of benzene rings is 1. The molecule has 6 heteroatoms. The van der Waals surface area contributed by atoms with Crippen LogP contribution in [-0.2, 0) is 4.74 Å². The van der Waals surface area contributed by atoms with Gasteiger partial charge in [-0.2, -0.15) is 0 Å². The third-order valence-electron chi connectivity index (χ3n) is 3.06. The Morgan fingerprint density at radius 1 is 1.56 bits per heavy atom. The molecule has 2 rings (SSSR count). The zero-order valence-corrected chi connectivity index (χ0v) is 10.3. The number of para-hydroxylation sites is 1. The zero-order chi connectivity index (χ0) is 13.1. The van der Waals surface area contributed by atoms with Gasteiger partial charge in [-0.05, 0) is 25.0 Å². The van der Waals surface area contributed by atoms with E-state index >= 15 is 0 Å². The van der Waals surface area contributed by atoms with Crippen LogP contribution in [0.3, 0.4) is 0 Å². The molecule has 1 aliphatic rings. The van der Waals surface area contributed by atoms with Crippen LogP contribution < -0.4 is 10.6 Å². The molecule has 1 fully saturated rings. The number of nitrogens with two attached hydrogens (primary N) is 1. The molecule has 18 heavy (non-hydrogen) atoms. The molecule has 98 valence electrons. The molecule has 0 unspecified atom stereocenters. The van der Waals surface area contributed by atoms with Crippen molar-refractivity contribution in [1.29, 1.82) is 0 Å². The Hall–Kier alpha value is -1.82. The maximum atomic E-state index is 11.1. The molecule has 0 amide bonds. The van der Waals surface area contributed by atoms with Crippen molar-refractivity contribution in [1.82, 2.24) is 0 Å². The van der Waals surface area contributed by atoms with Crippen molar-refractivity contribution < 1.29 is 9.66 Å². The van der Waals surface area contributed by atoms with E-state index < -0.39 is 4.92 Å². The quantitative estimate of drug-likeness (QED) is 0.473. The largest absolute Gasteiger partial charge is 0.393 e. The number of ether oxygens (including phenoxy) is 1. The fourth-order valence-corrected chi connectivity index (χ4v) is 2.05. The fraction of sp³-hybridized carbons (Fsp3) is 0.500. The standard InChI is InChI=1S/C12H17N3O3/c1-18-8-7-14(9-5-6-9)11-4-2-3-10(13)12(11)15(16)17/h2-4,9H,5-8,13H2,1H3. The summed E-state index contributed by atoms with van der Waals surface area (Å²) in [5.74, 6) is 0. The molecule has 1 aromatic carbocycles. The van der Waals surface area contributed by atoms with E-state index in [9.17, 15) is 10.1 Å². The van der Waals surface area contributed by atoms with Gasteiger partial charge in [-0.25, -0.2) is 0 Å². The van der Waals surface area contributed by atoms with Gasteiger partial charge in [0.25, 0.3) is 0 Å². The molecular formula is C12H17N3O3. The molecule has 1 aliphatic carbocycles. The van der Waals surface area contributed by atoms with E-state index in [2.05, 4.69) is 0 Å². The second-order valence-corrected chi connectivity index (χ2v) is 4.39. The van der Waals surface area contributed by atoms with Gasteiger partial charge in [0.15, 0.2) is 0 Å². The third kappa shape index (κ3) is 2.53. The van der Waals surface area contributed by atoms with Gasteiger partial charge in [-0.1, -0.05) is 6.07 Å². The number of nitro groups is 1. The van der Waals surface area contributed by atoms with Gasteiger partial charge >= 0.3 is 5.69 Å². The van der Waals surface area contributed by atoms with Crippen molar-refractivity contribution in [2.24, 2.45) is 0 Å². The fourth-order valence-electron chi connectivity index (χ4n) is 2.05. The highest BCUT2D eigenvalue weighted by molar-refractivity contribution is 5.75. The predicted octanol–water partition coefficient (Wildman–Crippen LogP) is 1.79. The van der Waals surface area contributed by atoms with Crippen LogP contribution in [0.1, 0.15) is 12.8 Å². The minimum atomic E-state index is -0.410. The molecule has 0 saturated heterocycles. The Morgan fingerprint density at radius 3 is 2.83 bits per heavy atom. The van der Waals surface area contributed by atoms with Crippen molar-refractivity contribution >= 4 is 17.1 Å². The minimum Gasteiger partial charge on any atom is -0.393 e. The summed E-state index contributed by atoms with van der Waals surface area (Å²) in [5.41, 5.74) is 6.52. The van der Waals surface area contributed by atoms with Crippen LogP contribution in [-0.4, -0.2) is 31.2 Å². The molecule has 1 aromatic rings. The highest BCUT2D eigenvalue weighted by atomic mass is 16.6. The highest BCUT2D eigenvalue weighted by Gasteiger charge is 2.33. The minimum absolute atomic E-state index is 0.000466. The van der Waals surface area contributed by atoms with Crippen LogP contribution in [0.5, 0.6) is 0 Å². The average Bonchev–Trinajstić information content (AvgIpc) is 3.13. The number of methoxy groups -OCH3 is 1. The first-order valence-corrected chi connectivity index (χ1v) is 5.93. The summed E-state index contributed by atoms with van der Waals surface area (Å²) in [6.07, 6.45) is 2.13. The summed E-state index contributed by atoms with van der Waals surface area (Å²) in [6, 6.07) is 5.44. The normalized spacial score (nSPS) is 14.5. The lowest BCUT2D eigenvalue weighted by Crippen LogP contribution is -2.30. The number of hydrogen-bond donors (Lipinski definition) is 1. The van der Waals surface area contributed by atoms with Gasteiger partial charge in [-0.15, -0.1) is 0 Å². The van der Waals surface area contributed by atoms with Crippen LogP contribution in [0, 0.1) is 10.1 Å². The molecule has 6 nitrogen and oxygen atoms in total. The molecule has 0 heterocycles. The number of nitrogen functional groups attached to an aromatic ring is 1. The molecule has 0 aromatic heterocycles. The van der Waals surface area contributed by atoms with E-state index in [1.165, 1.54) is 0 Å². The van der Waals surface area contributed by atoms with Gasteiger partial charge in [0.2, 0.25) is 0 Å². The first kappa shape index (κ1) is 12.6. The number of rotatable bonds is 6. The summed E-state index contributed by atoms with van der Waals surface area (Å²) in [7, 11) is 1.62. The summed E-state index contributed by atoms with van der Waals surface area (Å²) < 4.78 is 5.06. The van der Waals surface area contributed by atoms with E-state index in [-0.39, 0.29) is 11.4 Å². The average molecular weight is 251 g/mol. The number of nitrogens with zero attached hydrogens (tertiary/aromatic N) is 2. The van der Waals surface area contributed by atoms with Crippen LogP contribution in [0.15, 0.2) is 18.2 Å². The van der Waals surface area contributed by atoms with Gasteiger partial charge in [0.05, 0.1) is 11.5 Å².